The van der Waals surface area contributed by atoms with Gasteiger partial charge in [0.05, 0.1) is 17.0 Å². The Morgan fingerprint density at radius 3 is 2.83 bits per heavy atom. The van der Waals surface area contributed by atoms with E-state index >= 15 is 0 Å². The SMILES string of the molecule is CCOC(=O)C(C)CNc1cc(Br)c(F)cc1C. The number of esters is 1. The Morgan fingerprint density at radius 2 is 2.22 bits per heavy atom. The standard InChI is InChI=1S/C13H17BrFNO2/c1-4-18-13(17)9(3)7-16-12-6-10(14)11(15)5-8(12)2/h5-6,9,16H,4,7H2,1-3H3. The molecule has 3 nitrogen and oxygen atoms in total. The number of nitrogens with one attached hydrogen (secondary N) is 1. The highest BCUT2D eigenvalue weighted by atomic mass is 79.9. The van der Waals surface area contributed by atoms with E-state index < -0.39 is 0 Å². The molecule has 0 bridgehead atoms. The van der Waals surface area contributed by atoms with E-state index in [4.69, 9.17) is 4.74 Å². The molecular formula is C13H17BrFNO2. The predicted molar refractivity (Wildman–Crippen MR) is 73.1 cm³/mol. The van der Waals surface area contributed by atoms with Crippen LogP contribution in [0.3, 0.4) is 0 Å². The predicted octanol–water partition coefficient (Wildman–Crippen LogP) is 3.51. The van der Waals surface area contributed by atoms with Crippen LogP contribution in [0.15, 0.2) is 16.6 Å². The van der Waals surface area contributed by atoms with E-state index in [-0.39, 0.29) is 17.7 Å². The number of anilines is 1. The van der Waals surface area contributed by atoms with Crippen molar-refractivity contribution in [1.82, 2.24) is 0 Å². The van der Waals surface area contributed by atoms with Gasteiger partial charge in [0.2, 0.25) is 0 Å². The third-order valence-electron chi connectivity index (χ3n) is 2.55. The number of carbonyl (C=O) groups excluding carboxylic acids is 1. The van der Waals surface area contributed by atoms with E-state index in [1.165, 1.54) is 6.07 Å². The number of rotatable bonds is 5. The molecule has 1 atom stereocenters. The molecule has 0 aliphatic heterocycles. The average molecular weight is 318 g/mol. The molecule has 1 N–H and O–H groups in total. The second kappa shape index (κ2) is 6.73. The maximum absolute atomic E-state index is 13.2. The number of ether oxygens (including phenoxy) is 1. The maximum Gasteiger partial charge on any atom is 0.310 e. The lowest BCUT2D eigenvalue weighted by Gasteiger charge is -2.14. The Hall–Kier alpha value is -1.10. The quantitative estimate of drug-likeness (QED) is 0.845. The van der Waals surface area contributed by atoms with Crippen LogP contribution in [-0.2, 0) is 9.53 Å². The zero-order chi connectivity index (χ0) is 13.7. The van der Waals surface area contributed by atoms with Crippen LogP contribution >= 0.6 is 15.9 Å². The second-order valence-electron chi connectivity index (χ2n) is 4.12. The highest BCUT2D eigenvalue weighted by molar-refractivity contribution is 9.10. The van der Waals surface area contributed by atoms with E-state index in [1.807, 2.05) is 6.92 Å². The van der Waals surface area contributed by atoms with Gasteiger partial charge in [-0.25, -0.2) is 4.39 Å². The van der Waals surface area contributed by atoms with Crippen LogP contribution in [0.4, 0.5) is 10.1 Å². The molecule has 18 heavy (non-hydrogen) atoms. The summed E-state index contributed by atoms with van der Waals surface area (Å²) in [7, 11) is 0. The van der Waals surface area contributed by atoms with Crippen molar-refractivity contribution in [2.24, 2.45) is 5.92 Å². The highest BCUT2D eigenvalue weighted by Gasteiger charge is 2.14. The number of aryl methyl sites for hydroxylation is 1. The van der Waals surface area contributed by atoms with Crippen molar-refractivity contribution in [2.75, 3.05) is 18.5 Å². The van der Waals surface area contributed by atoms with Crippen molar-refractivity contribution in [1.29, 1.82) is 0 Å². The monoisotopic (exact) mass is 317 g/mol. The van der Waals surface area contributed by atoms with Crippen molar-refractivity contribution < 1.29 is 13.9 Å². The molecule has 1 aromatic carbocycles. The van der Waals surface area contributed by atoms with Gasteiger partial charge < -0.3 is 10.1 Å². The zero-order valence-electron chi connectivity index (χ0n) is 10.7. The van der Waals surface area contributed by atoms with Crippen LogP contribution in [0, 0.1) is 18.7 Å². The van der Waals surface area contributed by atoms with E-state index in [9.17, 15) is 9.18 Å². The zero-order valence-corrected chi connectivity index (χ0v) is 12.3. The van der Waals surface area contributed by atoms with Gasteiger partial charge in [-0.05, 0) is 47.5 Å². The van der Waals surface area contributed by atoms with Gasteiger partial charge in [0, 0.05) is 12.2 Å². The van der Waals surface area contributed by atoms with E-state index in [0.717, 1.165) is 11.3 Å². The molecule has 5 heteroatoms. The minimum atomic E-state index is -0.295. The van der Waals surface area contributed by atoms with Gasteiger partial charge in [-0.15, -0.1) is 0 Å². The Kier molecular flexibility index (Phi) is 5.59. The number of hydrogen-bond acceptors (Lipinski definition) is 3. The van der Waals surface area contributed by atoms with Crippen molar-refractivity contribution >= 4 is 27.6 Å². The van der Waals surface area contributed by atoms with Gasteiger partial charge in [0.15, 0.2) is 0 Å². The van der Waals surface area contributed by atoms with Crippen LogP contribution in [0.5, 0.6) is 0 Å². The molecule has 1 aromatic rings. The lowest BCUT2D eigenvalue weighted by atomic mass is 10.1. The van der Waals surface area contributed by atoms with Crippen LogP contribution in [0.25, 0.3) is 0 Å². The first-order chi connectivity index (χ1) is 8.45. The fourth-order valence-electron chi connectivity index (χ4n) is 1.47. The summed E-state index contributed by atoms with van der Waals surface area (Å²) in [4.78, 5) is 11.4. The summed E-state index contributed by atoms with van der Waals surface area (Å²) in [5, 5.41) is 3.12. The molecule has 0 amide bonds. The number of carbonyl (C=O) groups is 1. The summed E-state index contributed by atoms with van der Waals surface area (Å²) in [6.07, 6.45) is 0. The first kappa shape index (κ1) is 15.0. The summed E-state index contributed by atoms with van der Waals surface area (Å²) in [5.74, 6) is -0.770. The Balaban J connectivity index is 2.63. The summed E-state index contributed by atoms with van der Waals surface area (Å²) < 4.78 is 18.6. The minimum Gasteiger partial charge on any atom is -0.466 e. The largest absolute Gasteiger partial charge is 0.466 e. The molecule has 1 unspecified atom stereocenters. The third kappa shape index (κ3) is 3.98. The van der Waals surface area contributed by atoms with E-state index in [0.29, 0.717) is 17.6 Å². The summed E-state index contributed by atoms with van der Waals surface area (Å²) in [5.41, 5.74) is 1.60. The molecule has 0 saturated carbocycles. The smallest absolute Gasteiger partial charge is 0.310 e. The summed E-state index contributed by atoms with van der Waals surface area (Å²) in [6, 6.07) is 3.12. The maximum atomic E-state index is 13.2. The Bertz CT molecular complexity index is 437. The minimum absolute atomic E-state index is 0.233. The molecule has 0 fully saturated rings. The van der Waals surface area contributed by atoms with Crippen molar-refractivity contribution in [2.45, 2.75) is 20.8 Å². The van der Waals surface area contributed by atoms with Gasteiger partial charge in [0.25, 0.3) is 0 Å². The first-order valence-electron chi connectivity index (χ1n) is 5.81. The van der Waals surface area contributed by atoms with E-state index in [2.05, 4.69) is 21.2 Å². The number of halogens is 2. The van der Waals surface area contributed by atoms with E-state index in [1.54, 1.807) is 19.9 Å². The van der Waals surface area contributed by atoms with Crippen LogP contribution < -0.4 is 5.32 Å². The molecule has 0 aliphatic rings. The van der Waals surface area contributed by atoms with Crippen LogP contribution in [0.2, 0.25) is 0 Å². The number of hydrogen-bond donors (Lipinski definition) is 1. The van der Waals surface area contributed by atoms with Crippen LogP contribution in [-0.4, -0.2) is 19.1 Å². The molecule has 1 rings (SSSR count). The van der Waals surface area contributed by atoms with Gasteiger partial charge in [-0.1, -0.05) is 6.92 Å². The fraction of sp³-hybridized carbons (Fsp3) is 0.462. The Labute approximate surface area is 115 Å². The van der Waals surface area contributed by atoms with Gasteiger partial charge in [0.1, 0.15) is 5.82 Å². The van der Waals surface area contributed by atoms with Crippen molar-refractivity contribution in [3.05, 3.63) is 28.0 Å². The number of benzene rings is 1. The average Bonchev–Trinajstić information content (AvgIpc) is 2.32. The van der Waals surface area contributed by atoms with Gasteiger partial charge >= 0.3 is 5.97 Å². The lowest BCUT2D eigenvalue weighted by molar-refractivity contribution is -0.146. The molecule has 100 valence electrons. The van der Waals surface area contributed by atoms with Crippen molar-refractivity contribution in [3.63, 3.8) is 0 Å². The highest BCUT2D eigenvalue weighted by Crippen LogP contribution is 2.24. The normalized spacial score (nSPS) is 12.1. The third-order valence-corrected chi connectivity index (χ3v) is 3.16. The van der Waals surface area contributed by atoms with Gasteiger partial charge in [-0.2, -0.15) is 0 Å². The molecule has 0 aliphatic carbocycles. The second-order valence-corrected chi connectivity index (χ2v) is 4.97. The molecule has 0 heterocycles. The molecule has 0 aromatic heterocycles. The fourth-order valence-corrected chi connectivity index (χ4v) is 1.81. The molecule has 0 radical (unpaired) electrons. The van der Waals surface area contributed by atoms with Crippen LogP contribution in [0.1, 0.15) is 19.4 Å². The molecule has 0 saturated heterocycles. The summed E-state index contributed by atoms with van der Waals surface area (Å²) in [6.45, 7) is 6.22. The summed E-state index contributed by atoms with van der Waals surface area (Å²) >= 11 is 3.13. The van der Waals surface area contributed by atoms with Crippen molar-refractivity contribution in [3.8, 4) is 0 Å². The molecule has 0 spiro atoms. The first-order valence-corrected chi connectivity index (χ1v) is 6.61. The van der Waals surface area contributed by atoms with Gasteiger partial charge in [-0.3, -0.25) is 4.79 Å². The Morgan fingerprint density at radius 1 is 1.56 bits per heavy atom. The molecular weight excluding hydrogens is 301 g/mol. The lowest BCUT2D eigenvalue weighted by Crippen LogP contribution is -2.22. The topological polar surface area (TPSA) is 38.3 Å².